The maximum absolute atomic E-state index is 13.7. The number of hydrogen-bond donors (Lipinski definition) is 2. The minimum Gasteiger partial charge on any atom is -0.358 e. The van der Waals surface area contributed by atoms with Crippen molar-refractivity contribution in [2.24, 2.45) is 0 Å². The summed E-state index contributed by atoms with van der Waals surface area (Å²) in [5.74, 6) is -1.36. The zero-order valence-electron chi connectivity index (χ0n) is 11.2. The molecule has 0 aliphatic carbocycles. The molecule has 0 heterocycles. The fraction of sp³-hybridized carbons (Fsp3) is 0.133. The quantitative estimate of drug-likeness (QED) is 0.776. The first-order valence-electron chi connectivity index (χ1n) is 6.20. The van der Waals surface area contributed by atoms with Gasteiger partial charge in [0.05, 0.1) is 5.69 Å². The molecule has 110 valence electrons. The summed E-state index contributed by atoms with van der Waals surface area (Å²) in [5.41, 5.74) is 2.35. The molecule has 21 heavy (non-hydrogen) atoms. The van der Waals surface area contributed by atoms with Crippen LogP contribution in [0.3, 0.4) is 0 Å². The number of halogens is 3. The van der Waals surface area contributed by atoms with Crippen LogP contribution in [0, 0.1) is 18.6 Å². The van der Waals surface area contributed by atoms with Crippen LogP contribution in [0.15, 0.2) is 40.9 Å². The van der Waals surface area contributed by atoms with Gasteiger partial charge in [-0.25, -0.2) is 8.78 Å². The Morgan fingerprint density at radius 2 is 1.86 bits per heavy atom. The van der Waals surface area contributed by atoms with Gasteiger partial charge in [-0.15, -0.1) is 0 Å². The van der Waals surface area contributed by atoms with Crippen LogP contribution in [-0.2, 0) is 6.54 Å². The summed E-state index contributed by atoms with van der Waals surface area (Å²) in [7, 11) is 0. The molecule has 2 N–H and O–H groups in total. The molecule has 0 aliphatic heterocycles. The summed E-state index contributed by atoms with van der Waals surface area (Å²) in [5, 5.41) is 5.96. The van der Waals surface area contributed by atoms with E-state index in [9.17, 15) is 8.78 Å². The van der Waals surface area contributed by atoms with Gasteiger partial charge in [0.1, 0.15) is 5.82 Å². The molecule has 6 heteroatoms. The number of aryl methyl sites for hydroxylation is 1. The summed E-state index contributed by atoms with van der Waals surface area (Å²) in [6.45, 7) is 2.53. The molecular weight excluding hydrogens is 358 g/mol. The molecule has 0 spiro atoms. The van der Waals surface area contributed by atoms with E-state index in [0.717, 1.165) is 11.6 Å². The van der Waals surface area contributed by atoms with Crippen molar-refractivity contribution in [1.82, 2.24) is 5.32 Å². The maximum Gasteiger partial charge on any atom is 0.171 e. The predicted octanol–water partition coefficient (Wildman–Crippen LogP) is 4.52. The van der Waals surface area contributed by atoms with Crippen molar-refractivity contribution in [2.45, 2.75) is 13.5 Å². The fourth-order valence-electron chi connectivity index (χ4n) is 1.71. The van der Waals surface area contributed by atoms with Gasteiger partial charge in [-0.3, -0.25) is 0 Å². The molecule has 0 amide bonds. The zero-order valence-corrected chi connectivity index (χ0v) is 13.6. The second kappa shape index (κ2) is 6.95. The standard InChI is InChI=1S/C15H13BrF2N2S/c1-9-2-4-10(5-3-9)8-19-15(21)20-14-12(16)6-11(17)7-13(14)18/h2-7H,8H2,1H3,(H2,19,20,21). The van der Waals surface area contributed by atoms with Crippen molar-refractivity contribution >= 4 is 38.9 Å². The van der Waals surface area contributed by atoms with E-state index in [-0.39, 0.29) is 15.3 Å². The van der Waals surface area contributed by atoms with Crippen molar-refractivity contribution in [2.75, 3.05) is 5.32 Å². The van der Waals surface area contributed by atoms with Gasteiger partial charge in [0.15, 0.2) is 10.9 Å². The van der Waals surface area contributed by atoms with Crippen LogP contribution in [0.5, 0.6) is 0 Å². The Morgan fingerprint density at radius 3 is 2.48 bits per heavy atom. The number of nitrogens with one attached hydrogen (secondary N) is 2. The van der Waals surface area contributed by atoms with Crippen molar-refractivity contribution in [3.05, 3.63) is 63.6 Å². The van der Waals surface area contributed by atoms with Crippen molar-refractivity contribution in [3.8, 4) is 0 Å². The van der Waals surface area contributed by atoms with E-state index in [2.05, 4.69) is 26.6 Å². The number of thiocarbonyl (C=S) groups is 1. The van der Waals surface area contributed by atoms with Crippen LogP contribution >= 0.6 is 28.1 Å². The molecule has 2 nitrogen and oxygen atoms in total. The SMILES string of the molecule is Cc1ccc(CNC(=S)Nc2c(F)cc(F)cc2Br)cc1. The lowest BCUT2D eigenvalue weighted by Gasteiger charge is -2.13. The van der Waals surface area contributed by atoms with E-state index in [1.54, 1.807) is 0 Å². The number of anilines is 1. The lowest BCUT2D eigenvalue weighted by Crippen LogP contribution is -2.28. The number of rotatable bonds is 3. The van der Waals surface area contributed by atoms with E-state index in [0.29, 0.717) is 6.54 Å². The van der Waals surface area contributed by atoms with E-state index in [4.69, 9.17) is 12.2 Å². The van der Waals surface area contributed by atoms with Gasteiger partial charge >= 0.3 is 0 Å². The highest BCUT2D eigenvalue weighted by molar-refractivity contribution is 9.10. The van der Waals surface area contributed by atoms with Crippen LogP contribution in [0.25, 0.3) is 0 Å². The first kappa shape index (κ1) is 15.9. The third-order valence-corrected chi connectivity index (χ3v) is 3.69. The van der Waals surface area contributed by atoms with Crippen LogP contribution < -0.4 is 10.6 Å². The Kier molecular flexibility index (Phi) is 5.25. The molecule has 0 atom stereocenters. The monoisotopic (exact) mass is 370 g/mol. The van der Waals surface area contributed by atoms with E-state index < -0.39 is 11.6 Å². The normalized spacial score (nSPS) is 10.3. The third kappa shape index (κ3) is 4.47. The largest absolute Gasteiger partial charge is 0.358 e. The van der Waals surface area contributed by atoms with Gasteiger partial charge < -0.3 is 10.6 Å². The molecule has 0 saturated carbocycles. The van der Waals surface area contributed by atoms with E-state index in [1.807, 2.05) is 31.2 Å². The Balaban J connectivity index is 1.97. The van der Waals surface area contributed by atoms with Gasteiger partial charge in [0, 0.05) is 17.1 Å². The summed E-state index contributed by atoms with van der Waals surface area (Å²) >= 11 is 8.21. The van der Waals surface area contributed by atoms with Gasteiger partial charge in [0.2, 0.25) is 0 Å². The fourth-order valence-corrected chi connectivity index (χ4v) is 2.39. The summed E-state index contributed by atoms with van der Waals surface area (Å²) in [6.07, 6.45) is 0. The molecule has 0 aliphatic rings. The van der Waals surface area contributed by atoms with Crippen molar-refractivity contribution < 1.29 is 8.78 Å². The highest BCUT2D eigenvalue weighted by atomic mass is 79.9. The smallest absolute Gasteiger partial charge is 0.171 e. The molecular formula is C15H13BrF2N2S. The lowest BCUT2D eigenvalue weighted by atomic mass is 10.1. The minimum atomic E-state index is -0.707. The molecule has 0 fully saturated rings. The summed E-state index contributed by atoms with van der Waals surface area (Å²) in [4.78, 5) is 0. The van der Waals surface area contributed by atoms with Gasteiger partial charge in [-0.05, 0) is 46.7 Å². The van der Waals surface area contributed by atoms with Crippen molar-refractivity contribution in [3.63, 3.8) is 0 Å². The minimum absolute atomic E-state index is 0.109. The van der Waals surface area contributed by atoms with E-state index >= 15 is 0 Å². The van der Waals surface area contributed by atoms with Crippen LogP contribution in [0.2, 0.25) is 0 Å². The summed E-state index contributed by atoms with van der Waals surface area (Å²) < 4.78 is 26.9. The number of hydrogen-bond acceptors (Lipinski definition) is 1. The molecule has 2 aromatic rings. The molecule has 2 aromatic carbocycles. The second-order valence-electron chi connectivity index (χ2n) is 4.54. The maximum atomic E-state index is 13.7. The van der Waals surface area contributed by atoms with Gasteiger partial charge in [-0.1, -0.05) is 29.8 Å². The molecule has 0 saturated heterocycles. The highest BCUT2D eigenvalue weighted by Gasteiger charge is 2.10. The topological polar surface area (TPSA) is 24.1 Å². The first-order valence-corrected chi connectivity index (χ1v) is 7.41. The highest BCUT2D eigenvalue weighted by Crippen LogP contribution is 2.26. The number of benzene rings is 2. The summed E-state index contributed by atoms with van der Waals surface area (Å²) in [6, 6.07) is 9.95. The lowest BCUT2D eigenvalue weighted by molar-refractivity contribution is 0.585. The van der Waals surface area contributed by atoms with Crippen molar-refractivity contribution in [1.29, 1.82) is 0 Å². The average Bonchev–Trinajstić information content (AvgIpc) is 2.42. The molecule has 0 unspecified atom stereocenters. The van der Waals surface area contributed by atoms with Gasteiger partial charge in [-0.2, -0.15) is 0 Å². The molecule has 0 aromatic heterocycles. The molecule has 0 radical (unpaired) electrons. The first-order chi connectivity index (χ1) is 9.95. The second-order valence-corrected chi connectivity index (χ2v) is 5.80. The van der Waals surface area contributed by atoms with Crippen LogP contribution in [0.1, 0.15) is 11.1 Å². The molecule has 2 rings (SSSR count). The van der Waals surface area contributed by atoms with Crippen LogP contribution in [0.4, 0.5) is 14.5 Å². The van der Waals surface area contributed by atoms with Gasteiger partial charge in [0.25, 0.3) is 0 Å². The molecule has 0 bridgehead atoms. The van der Waals surface area contributed by atoms with Crippen LogP contribution in [-0.4, -0.2) is 5.11 Å². The average molecular weight is 371 g/mol. The Hall–Kier alpha value is -1.53. The Bertz CT molecular complexity index is 636. The zero-order chi connectivity index (χ0) is 15.4. The predicted molar refractivity (Wildman–Crippen MR) is 88.3 cm³/mol. The third-order valence-electron chi connectivity index (χ3n) is 2.82. The Labute approximate surface area is 135 Å². The Morgan fingerprint density at radius 1 is 1.19 bits per heavy atom. The van der Waals surface area contributed by atoms with E-state index in [1.165, 1.54) is 11.6 Å².